The molecule has 1 amide bonds. The van der Waals surface area contributed by atoms with E-state index in [0.29, 0.717) is 11.6 Å². The van der Waals surface area contributed by atoms with Gasteiger partial charge in [-0.05, 0) is 35.9 Å². The van der Waals surface area contributed by atoms with Crippen LogP contribution in [0.3, 0.4) is 0 Å². The molecule has 0 fully saturated rings. The minimum Gasteiger partial charge on any atom is -0.348 e. The molecule has 0 unspecified atom stereocenters. The van der Waals surface area contributed by atoms with E-state index in [2.05, 4.69) is 20.6 Å². The van der Waals surface area contributed by atoms with Crippen molar-refractivity contribution in [2.24, 2.45) is 0 Å². The number of hydrogen-bond donors (Lipinski definition) is 2. The number of hydrogen-bond acceptors (Lipinski definition) is 4. The van der Waals surface area contributed by atoms with E-state index in [1.165, 1.54) is 24.4 Å². The summed E-state index contributed by atoms with van der Waals surface area (Å²) in [4.78, 5) is 19.5. The van der Waals surface area contributed by atoms with Crippen molar-refractivity contribution >= 4 is 40.6 Å². The highest BCUT2D eigenvalue weighted by Crippen LogP contribution is 2.35. The lowest BCUT2D eigenvalue weighted by Crippen LogP contribution is -2.26. The summed E-state index contributed by atoms with van der Waals surface area (Å²) in [6, 6.07) is 7.77. The zero-order chi connectivity index (χ0) is 21.9. The molecule has 156 valence electrons. The monoisotopic (exact) mass is 458 g/mol. The lowest BCUT2D eigenvalue weighted by atomic mass is 10.1. The molecule has 0 spiro atoms. The summed E-state index contributed by atoms with van der Waals surface area (Å²) in [7, 11) is 0. The summed E-state index contributed by atoms with van der Waals surface area (Å²) in [5.74, 6) is -1.96. The first-order valence-electron chi connectivity index (χ1n) is 8.32. The Hall–Kier alpha value is -2.91. The second-order valence-corrected chi connectivity index (χ2v) is 6.79. The number of rotatable bonds is 5. The van der Waals surface area contributed by atoms with Crippen LogP contribution in [0.15, 0.2) is 48.8 Å². The summed E-state index contributed by atoms with van der Waals surface area (Å²) in [6.07, 6.45) is -2.85. The Bertz CT molecular complexity index is 1090. The van der Waals surface area contributed by atoms with Crippen LogP contribution in [-0.2, 0) is 12.7 Å². The average Bonchev–Trinajstić information content (AvgIpc) is 2.69. The number of halogens is 6. The van der Waals surface area contributed by atoms with Gasteiger partial charge in [-0.1, -0.05) is 29.3 Å². The van der Waals surface area contributed by atoms with Crippen LogP contribution in [-0.4, -0.2) is 15.9 Å². The Morgan fingerprint density at radius 3 is 2.57 bits per heavy atom. The van der Waals surface area contributed by atoms with Gasteiger partial charge in [0.25, 0.3) is 5.91 Å². The van der Waals surface area contributed by atoms with E-state index in [0.717, 1.165) is 12.3 Å². The third-order valence-electron chi connectivity index (χ3n) is 3.91. The second-order valence-electron chi connectivity index (χ2n) is 6.01. The molecule has 0 saturated carbocycles. The van der Waals surface area contributed by atoms with Gasteiger partial charge < -0.3 is 10.6 Å². The van der Waals surface area contributed by atoms with E-state index in [9.17, 15) is 22.4 Å². The van der Waals surface area contributed by atoms with E-state index in [4.69, 9.17) is 23.2 Å². The van der Waals surface area contributed by atoms with Crippen molar-refractivity contribution in [3.05, 3.63) is 81.5 Å². The van der Waals surface area contributed by atoms with Gasteiger partial charge in [0.15, 0.2) is 0 Å². The van der Waals surface area contributed by atoms with Gasteiger partial charge in [0.1, 0.15) is 5.82 Å². The molecule has 2 heterocycles. The molecule has 0 saturated heterocycles. The van der Waals surface area contributed by atoms with Crippen molar-refractivity contribution in [3.8, 4) is 0 Å². The Morgan fingerprint density at radius 1 is 1.10 bits per heavy atom. The highest BCUT2D eigenvalue weighted by Gasteiger charge is 2.36. The molecule has 0 aliphatic carbocycles. The maximum Gasteiger partial charge on any atom is 0.417 e. The summed E-state index contributed by atoms with van der Waals surface area (Å²) >= 11 is 11.9. The quantitative estimate of drug-likeness (QED) is 0.384. The van der Waals surface area contributed by atoms with E-state index < -0.39 is 29.2 Å². The Labute approximate surface area is 178 Å². The van der Waals surface area contributed by atoms with E-state index in [1.807, 2.05) is 0 Å². The lowest BCUT2D eigenvalue weighted by molar-refractivity contribution is -0.137. The number of carbonyl (C=O) groups excluding carboxylic acids is 1. The third kappa shape index (κ3) is 5.17. The van der Waals surface area contributed by atoms with E-state index in [-0.39, 0.29) is 28.1 Å². The van der Waals surface area contributed by atoms with Gasteiger partial charge in [0, 0.05) is 18.9 Å². The molecule has 1 aromatic carbocycles. The first-order valence-corrected chi connectivity index (χ1v) is 9.07. The zero-order valence-corrected chi connectivity index (χ0v) is 16.4. The largest absolute Gasteiger partial charge is 0.417 e. The fourth-order valence-corrected chi connectivity index (χ4v) is 2.86. The van der Waals surface area contributed by atoms with Crippen molar-refractivity contribution in [2.45, 2.75) is 12.7 Å². The SMILES string of the molecule is O=C(NCc1ccnc(F)c1)c1cnc(Nc2cccc(Cl)c2Cl)cc1C(F)(F)F. The van der Waals surface area contributed by atoms with Crippen LogP contribution >= 0.6 is 23.2 Å². The molecule has 3 rings (SSSR count). The number of anilines is 2. The standard InChI is InChI=1S/C19H12Cl2F4N4O/c20-13-2-1-3-14(17(13)21)29-16-7-12(19(23,24)25)11(9-27-16)18(30)28-8-10-4-5-26-15(22)6-10/h1-7,9H,8H2,(H,27,29)(H,28,30). The normalized spacial score (nSPS) is 11.3. The molecule has 0 radical (unpaired) electrons. The Kier molecular flexibility index (Phi) is 6.42. The molecule has 11 heteroatoms. The summed E-state index contributed by atoms with van der Waals surface area (Å²) in [5, 5.41) is 5.28. The van der Waals surface area contributed by atoms with E-state index >= 15 is 0 Å². The molecule has 0 bridgehead atoms. The van der Waals surface area contributed by atoms with Crippen LogP contribution < -0.4 is 10.6 Å². The maximum atomic E-state index is 13.5. The van der Waals surface area contributed by atoms with Crippen molar-refractivity contribution in [2.75, 3.05) is 5.32 Å². The van der Waals surface area contributed by atoms with Gasteiger partial charge in [0.05, 0.1) is 26.9 Å². The first kappa shape index (κ1) is 21.8. The predicted molar refractivity (Wildman–Crippen MR) is 104 cm³/mol. The molecule has 3 aromatic rings. The van der Waals surface area contributed by atoms with E-state index in [1.54, 1.807) is 6.07 Å². The van der Waals surface area contributed by atoms with Crippen LogP contribution in [0.5, 0.6) is 0 Å². The van der Waals surface area contributed by atoms with Gasteiger partial charge in [-0.15, -0.1) is 0 Å². The number of alkyl halides is 3. The molecular weight excluding hydrogens is 447 g/mol. The number of pyridine rings is 2. The highest BCUT2D eigenvalue weighted by molar-refractivity contribution is 6.43. The topological polar surface area (TPSA) is 66.9 Å². The Balaban J connectivity index is 1.85. The number of benzene rings is 1. The van der Waals surface area contributed by atoms with Crippen LogP contribution in [0.2, 0.25) is 10.0 Å². The van der Waals surface area contributed by atoms with Crippen LogP contribution in [0.25, 0.3) is 0 Å². The highest BCUT2D eigenvalue weighted by atomic mass is 35.5. The predicted octanol–water partition coefficient (Wildman–Crippen LogP) is 5.61. The second kappa shape index (κ2) is 8.85. The minimum absolute atomic E-state index is 0.112. The summed E-state index contributed by atoms with van der Waals surface area (Å²) < 4.78 is 53.7. The molecule has 30 heavy (non-hydrogen) atoms. The molecule has 0 atom stereocenters. The fourth-order valence-electron chi connectivity index (χ4n) is 2.51. The van der Waals surface area contributed by atoms with Crippen molar-refractivity contribution in [3.63, 3.8) is 0 Å². The number of amides is 1. The number of nitrogens with zero attached hydrogens (tertiary/aromatic N) is 2. The van der Waals surface area contributed by atoms with Crippen LogP contribution in [0.1, 0.15) is 21.5 Å². The number of carbonyl (C=O) groups is 1. The van der Waals surface area contributed by atoms with Gasteiger partial charge in [0.2, 0.25) is 5.95 Å². The molecule has 2 aromatic heterocycles. The molecule has 2 N–H and O–H groups in total. The van der Waals surface area contributed by atoms with Crippen molar-refractivity contribution < 1.29 is 22.4 Å². The van der Waals surface area contributed by atoms with Crippen LogP contribution in [0, 0.1) is 5.95 Å². The fraction of sp³-hybridized carbons (Fsp3) is 0.105. The smallest absolute Gasteiger partial charge is 0.348 e. The molecular formula is C19H12Cl2F4N4O. The molecule has 0 aliphatic rings. The summed E-state index contributed by atoms with van der Waals surface area (Å²) in [5.41, 5.74) is -1.29. The van der Waals surface area contributed by atoms with Gasteiger partial charge in [-0.2, -0.15) is 17.6 Å². The summed E-state index contributed by atoms with van der Waals surface area (Å²) in [6.45, 7) is -0.187. The van der Waals surface area contributed by atoms with Gasteiger partial charge in [-0.3, -0.25) is 4.79 Å². The van der Waals surface area contributed by atoms with Gasteiger partial charge >= 0.3 is 6.18 Å². The van der Waals surface area contributed by atoms with Crippen LogP contribution in [0.4, 0.5) is 29.1 Å². The van der Waals surface area contributed by atoms with Crippen molar-refractivity contribution in [1.29, 1.82) is 0 Å². The zero-order valence-electron chi connectivity index (χ0n) is 14.9. The number of nitrogens with one attached hydrogen (secondary N) is 2. The minimum atomic E-state index is -4.83. The van der Waals surface area contributed by atoms with Crippen molar-refractivity contribution in [1.82, 2.24) is 15.3 Å². The van der Waals surface area contributed by atoms with Gasteiger partial charge in [-0.25, -0.2) is 9.97 Å². The molecule has 5 nitrogen and oxygen atoms in total. The average molecular weight is 459 g/mol. The molecule has 0 aliphatic heterocycles. The number of aromatic nitrogens is 2. The lowest BCUT2D eigenvalue weighted by Gasteiger charge is -2.15. The maximum absolute atomic E-state index is 13.5. The first-order chi connectivity index (χ1) is 14.1. The Morgan fingerprint density at radius 2 is 1.87 bits per heavy atom. The third-order valence-corrected chi connectivity index (χ3v) is 4.73.